The molecule has 0 aliphatic carbocycles. The van der Waals surface area contributed by atoms with E-state index in [0.29, 0.717) is 5.92 Å². The first-order valence-corrected chi connectivity index (χ1v) is 6.65. The third kappa shape index (κ3) is 3.55. The second-order valence-electron chi connectivity index (χ2n) is 4.88. The molecule has 1 fully saturated rings. The maximum atomic E-state index is 10.3. The lowest BCUT2D eigenvalue weighted by atomic mass is 9.89. The van der Waals surface area contributed by atoms with Gasteiger partial charge in [0.15, 0.2) is 0 Å². The smallest absolute Gasteiger partial charge is 0.0819 e. The molecule has 3 heteroatoms. The van der Waals surface area contributed by atoms with E-state index >= 15 is 0 Å². The number of methoxy groups -OCH3 is 1. The Kier molecular flexibility index (Phi) is 5.17. The number of aliphatic hydroxyl groups is 1. The predicted molar refractivity (Wildman–Crippen MR) is 70.5 cm³/mol. The first-order chi connectivity index (χ1) is 8.81. The Balaban J connectivity index is 1.95. The van der Waals surface area contributed by atoms with Crippen LogP contribution in [0.15, 0.2) is 24.3 Å². The molecule has 2 rings (SSSR count). The molecular weight excluding hydrogens is 228 g/mol. The van der Waals surface area contributed by atoms with Crippen molar-refractivity contribution in [3.05, 3.63) is 35.4 Å². The van der Waals surface area contributed by atoms with Gasteiger partial charge in [0, 0.05) is 20.3 Å². The van der Waals surface area contributed by atoms with Crippen LogP contribution in [0, 0.1) is 5.92 Å². The van der Waals surface area contributed by atoms with E-state index in [2.05, 4.69) is 12.1 Å². The van der Waals surface area contributed by atoms with E-state index in [4.69, 9.17) is 9.47 Å². The van der Waals surface area contributed by atoms with Crippen LogP contribution in [0.3, 0.4) is 0 Å². The normalized spacial score (nSPS) is 18.8. The summed E-state index contributed by atoms with van der Waals surface area (Å²) in [5.41, 5.74) is 2.27. The van der Waals surface area contributed by atoms with Crippen molar-refractivity contribution < 1.29 is 14.6 Å². The van der Waals surface area contributed by atoms with Gasteiger partial charge in [0.1, 0.15) is 0 Å². The number of rotatable bonds is 5. The summed E-state index contributed by atoms with van der Waals surface area (Å²) in [6, 6.07) is 8.23. The molecule has 0 bridgehead atoms. The van der Waals surface area contributed by atoms with Crippen molar-refractivity contribution in [3.63, 3.8) is 0 Å². The van der Waals surface area contributed by atoms with Gasteiger partial charge in [-0.15, -0.1) is 0 Å². The summed E-state index contributed by atoms with van der Waals surface area (Å²) in [6.45, 7) is 2.28. The quantitative estimate of drug-likeness (QED) is 0.871. The van der Waals surface area contributed by atoms with Crippen LogP contribution in [0.1, 0.15) is 30.1 Å². The Morgan fingerprint density at radius 2 is 1.94 bits per heavy atom. The van der Waals surface area contributed by atoms with Gasteiger partial charge >= 0.3 is 0 Å². The Bertz CT molecular complexity index is 341. The van der Waals surface area contributed by atoms with E-state index in [1.54, 1.807) is 7.11 Å². The van der Waals surface area contributed by atoms with Crippen molar-refractivity contribution in [2.75, 3.05) is 26.9 Å². The summed E-state index contributed by atoms with van der Waals surface area (Å²) in [5, 5.41) is 10.3. The Hall–Kier alpha value is -0.900. The van der Waals surface area contributed by atoms with E-state index < -0.39 is 0 Å². The molecule has 100 valence electrons. The predicted octanol–water partition coefficient (Wildman–Crippen LogP) is 2.34. The van der Waals surface area contributed by atoms with Crippen LogP contribution in [0.5, 0.6) is 0 Å². The topological polar surface area (TPSA) is 38.7 Å². The van der Waals surface area contributed by atoms with Crippen LogP contribution in [0.25, 0.3) is 0 Å². The van der Waals surface area contributed by atoms with Gasteiger partial charge in [0.05, 0.1) is 12.7 Å². The first kappa shape index (κ1) is 13.5. The maximum absolute atomic E-state index is 10.3. The number of benzene rings is 1. The number of aliphatic hydroxyl groups excluding tert-OH is 1. The second kappa shape index (κ2) is 6.88. The highest BCUT2D eigenvalue weighted by molar-refractivity contribution is 5.24. The highest BCUT2D eigenvalue weighted by Gasteiger charge is 2.23. The molecule has 3 nitrogen and oxygen atoms in total. The fraction of sp³-hybridized carbons (Fsp3) is 0.600. The summed E-state index contributed by atoms with van der Waals surface area (Å²) in [7, 11) is 1.71. The fourth-order valence-electron chi connectivity index (χ4n) is 2.41. The van der Waals surface area contributed by atoms with Crippen molar-refractivity contribution in [1.29, 1.82) is 0 Å². The number of ether oxygens (including phenoxy) is 2. The standard InChI is InChI=1S/C15H22O3/c1-17-9-6-12-2-4-13(5-3-12)15(16)14-7-10-18-11-8-14/h2-5,14-16H,6-11H2,1H3. The minimum absolute atomic E-state index is 0.337. The molecule has 0 amide bonds. The molecule has 1 aromatic rings. The number of hydrogen-bond donors (Lipinski definition) is 1. The van der Waals surface area contributed by atoms with Crippen molar-refractivity contribution in [1.82, 2.24) is 0 Å². The average Bonchev–Trinajstić information content (AvgIpc) is 2.46. The lowest BCUT2D eigenvalue weighted by molar-refractivity contribution is 0.00718. The lowest BCUT2D eigenvalue weighted by Gasteiger charge is -2.27. The van der Waals surface area contributed by atoms with Gasteiger partial charge in [-0.3, -0.25) is 0 Å². The third-order valence-electron chi connectivity index (χ3n) is 3.63. The molecule has 1 aromatic carbocycles. The highest BCUT2D eigenvalue weighted by Crippen LogP contribution is 2.29. The van der Waals surface area contributed by atoms with Crippen LogP contribution in [-0.4, -0.2) is 32.0 Å². The van der Waals surface area contributed by atoms with E-state index in [1.807, 2.05) is 12.1 Å². The molecule has 1 heterocycles. The molecule has 0 saturated carbocycles. The molecule has 1 N–H and O–H groups in total. The first-order valence-electron chi connectivity index (χ1n) is 6.65. The average molecular weight is 250 g/mol. The fourth-order valence-corrected chi connectivity index (χ4v) is 2.41. The van der Waals surface area contributed by atoms with Crippen molar-refractivity contribution in [2.45, 2.75) is 25.4 Å². The SMILES string of the molecule is COCCc1ccc(C(O)C2CCOCC2)cc1. The maximum Gasteiger partial charge on any atom is 0.0819 e. The molecule has 0 spiro atoms. The molecule has 18 heavy (non-hydrogen) atoms. The molecular formula is C15H22O3. The van der Waals surface area contributed by atoms with E-state index in [-0.39, 0.29) is 6.10 Å². The molecule has 0 radical (unpaired) electrons. The van der Waals surface area contributed by atoms with Crippen LogP contribution in [0.2, 0.25) is 0 Å². The van der Waals surface area contributed by atoms with E-state index in [1.165, 1.54) is 5.56 Å². The zero-order chi connectivity index (χ0) is 12.8. The number of hydrogen-bond acceptors (Lipinski definition) is 3. The van der Waals surface area contributed by atoms with Gasteiger partial charge < -0.3 is 14.6 Å². The van der Waals surface area contributed by atoms with Crippen molar-refractivity contribution in [2.24, 2.45) is 5.92 Å². The van der Waals surface area contributed by atoms with Crippen molar-refractivity contribution in [3.8, 4) is 0 Å². The zero-order valence-corrected chi connectivity index (χ0v) is 11.0. The zero-order valence-electron chi connectivity index (χ0n) is 11.0. The van der Waals surface area contributed by atoms with Gasteiger partial charge in [0.25, 0.3) is 0 Å². The summed E-state index contributed by atoms with van der Waals surface area (Å²) < 4.78 is 10.4. The van der Waals surface area contributed by atoms with Gasteiger partial charge in [-0.25, -0.2) is 0 Å². The largest absolute Gasteiger partial charge is 0.388 e. The van der Waals surface area contributed by atoms with Crippen LogP contribution in [0.4, 0.5) is 0 Å². The third-order valence-corrected chi connectivity index (χ3v) is 3.63. The molecule has 1 unspecified atom stereocenters. The van der Waals surface area contributed by atoms with Crippen molar-refractivity contribution >= 4 is 0 Å². The van der Waals surface area contributed by atoms with E-state index in [9.17, 15) is 5.11 Å². The van der Waals surface area contributed by atoms with Gasteiger partial charge in [-0.05, 0) is 36.3 Å². The van der Waals surface area contributed by atoms with Crippen LogP contribution in [-0.2, 0) is 15.9 Å². The van der Waals surface area contributed by atoms with Crippen LogP contribution < -0.4 is 0 Å². The minimum Gasteiger partial charge on any atom is -0.388 e. The summed E-state index contributed by atoms with van der Waals surface area (Å²) in [6.07, 6.45) is 2.47. The van der Waals surface area contributed by atoms with E-state index in [0.717, 1.165) is 44.6 Å². The summed E-state index contributed by atoms with van der Waals surface area (Å²) >= 11 is 0. The van der Waals surface area contributed by atoms with Gasteiger partial charge in [-0.1, -0.05) is 24.3 Å². The molecule has 1 aliphatic heterocycles. The summed E-state index contributed by atoms with van der Waals surface area (Å²) in [4.78, 5) is 0. The van der Waals surface area contributed by atoms with Crippen LogP contribution >= 0.6 is 0 Å². The Labute approximate surface area is 109 Å². The monoisotopic (exact) mass is 250 g/mol. The summed E-state index contributed by atoms with van der Waals surface area (Å²) in [5.74, 6) is 0.337. The van der Waals surface area contributed by atoms with Gasteiger partial charge in [-0.2, -0.15) is 0 Å². The molecule has 1 atom stereocenters. The molecule has 1 saturated heterocycles. The Morgan fingerprint density at radius 1 is 1.28 bits per heavy atom. The minimum atomic E-state index is -0.356. The lowest BCUT2D eigenvalue weighted by Crippen LogP contribution is -2.21. The highest BCUT2D eigenvalue weighted by atomic mass is 16.5. The molecule has 1 aliphatic rings. The second-order valence-corrected chi connectivity index (χ2v) is 4.88. The Morgan fingerprint density at radius 3 is 2.56 bits per heavy atom. The van der Waals surface area contributed by atoms with Gasteiger partial charge in [0.2, 0.25) is 0 Å². The molecule has 0 aromatic heterocycles.